The first-order valence-electron chi connectivity index (χ1n) is 7.78. The third kappa shape index (κ3) is 4.36. The molecule has 1 aromatic heterocycles. The van der Waals surface area contributed by atoms with E-state index < -0.39 is 0 Å². The Morgan fingerprint density at radius 2 is 1.76 bits per heavy atom. The molecule has 1 fully saturated rings. The number of carbonyl (C=O) groups excluding carboxylic acids is 2. The number of carbonyl (C=O) groups is 2. The number of nitrogens with zero attached hydrogens (tertiary/aromatic N) is 4. The van der Waals surface area contributed by atoms with Gasteiger partial charge in [-0.2, -0.15) is 0 Å². The van der Waals surface area contributed by atoms with E-state index in [0.717, 1.165) is 11.8 Å². The molecule has 132 valence electrons. The van der Waals surface area contributed by atoms with E-state index >= 15 is 0 Å². The van der Waals surface area contributed by atoms with Gasteiger partial charge in [-0.25, -0.2) is 4.39 Å². The summed E-state index contributed by atoms with van der Waals surface area (Å²) in [5.41, 5.74) is 0.618. The standard InChI is InChI=1S/C16H17FN4O3S/c1-11(22)20-6-8-21(9-7-20)14(23)10-25-16-19-18-15(24-16)12-2-4-13(17)5-3-12/h2-5H,6-10H2,1H3. The van der Waals surface area contributed by atoms with Crippen molar-refractivity contribution >= 4 is 23.6 Å². The normalized spacial score (nSPS) is 14.6. The van der Waals surface area contributed by atoms with Crippen LogP contribution in [0.1, 0.15) is 6.92 Å². The summed E-state index contributed by atoms with van der Waals surface area (Å²) in [6, 6.07) is 5.74. The van der Waals surface area contributed by atoms with E-state index in [1.54, 1.807) is 21.9 Å². The first-order valence-corrected chi connectivity index (χ1v) is 8.77. The molecule has 0 atom stereocenters. The number of halogens is 1. The molecule has 0 bridgehead atoms. The maximum Gasteiger partial charge on any atom is 0.277 e. The molecule has 3 rings (SSSR count). The van der Waals surface area contributed by atoms with Crippen LogP contribution in [0, 0.1) is 5.82 Å². The quantitative estimate of drug-likeness (QED) is 0.768. The number of benzene rings is 1. The van der Waals surface area contributed by atoms with Gasteiger partial charge in [0.05, 0.1) is 5.75 Å². The summed E-state index contributed by atoms with van der Waals surface area (Å²) in [6.45, 7) is 3.71. The molecule has 0 N–H and O–H groups in total. The predicted molar refractivity (Wildman–Crippen MR) is 89.3 cm³/mol. The number of hydrogen-bond donors (Lipinski definition) is 0. The lowest BCUT2D eigenvalue weighted by Crippen LogP contribution is -2.50. The molecule has 25 heavy (non-hydrogen) atoms. The Morgan fingerprint density at radius 3 is 2.40 bits per heavy atom. The lowest BCUT2D eigenvalue weighted by Gasteiger charge is -2.34. The van der Waals surface area contributed by atoms with E-state index in [9.17, 15) is 14.0 Å². The van der Waals surface area contributed by atoms with Crippen molar-refractivity contribution in [1.29, 1.82) is 0 Å². The molecular formula is C16H17FN4O3S. The highest BCUT2D eigenvalue weighted by molar-refractivity contribution is 7.99. The molecule has 2 amide bonds. The lowest BCUT2D eigenvalue weighted by molar-refractivity contribution is -0.136. The van der Waals surface area contributed by atoms with Gasteiger partial charge in [0.15, 0.2) is 0 Å². The minimum absolute atomic E-state index is 0.0284. The monoisotopic (exact) mass is 364 g/mol. The fourth-order valence-corrected chi connectivity index (χ4v) is 3.13. The van der Waals surface area contributed by atoms with Gasteiger partial charge in [0.2, 0.25) is 17.7 Å². The van der Waals surface area contributed by atoms with Gasteiger partial charge < -0.3 is 14.2 Å². The number of piperazine rings is 1. The van der Waals surface area contributed by atoms with Crippen molar-refractivity contribution in [3.05, 3.63) is 30.1 Å². The van der Waals surface area contributed by atoms with Crippen molar-refractivity contribution in [3.8, 4) is 11.5 Å². The Kier molecular flexibility index (Phi) is 5.32. The van der Waals surface area contributed by atoms with Gasteiger partial charge in [0.1, 0.15) is 5.82 Å². The van der Waals surface area contributed by atoms with Crippen LogP contribution >= 0.6 is 11.8 Å². The van der Waals surface area contributed by atoms with E-state index in [1.165, 1.54) is 19.1 Å². The first-order chi connectivity index (χ1) is 12.0. The van der Waals surface area contributed by atoms with Crippen LogP contribution in [0.25, 0.3) is 11.5 Å². The second-order valence-corrected chi connectivity index (χ2v) is 6.48. The zero-order valence-electron chi connectivity index (χ0n) is 13.6. The zero-order chi connectivity index (χ0) is 17.8. The van der Waals surface area contributed by atoms with Gasteiger partial charge in [0.25, 0.3) is 5.22 Å². The Morgan fingerprint density at radius 1 is 1.12 bits per heavy atom. The molecule has 2 heterocycles. The molecule has 9 heteroatoms. The number of hydrogen-bond acceptors (Lipinski definition) is 6. The summed E-state index contributed by atoms with van der Waals surface area (Å²) in [5, 5.41) is 8.09. The van der Waals surface area contributed by atoms with Crippen molar-refractivity contribution in [2.45, 2.75) is 12.1 Å². The summed E-state index contributed by atoms with van der Waals surface area (Å²) in [4.78, 5) is 27.0. The summed E-state index contributed by atoms with van der Waals surface area (Å²) in [6.07, 6.45) is 0. The maximum atomic E-state index is 12.9. The summed E-state index contributed by atoms with van der Waals surface area (Å²) in [7, 11) is 0. The first kappa shape index (κ1) is 17.4. The molecule has 0 aliphatic carbocycles. The van der Waals surface area contributed by atoms with Gasteiger partial charge in [-0.05, 0) is 24.3 Å². The molecule has 1 aliphatic heterocycles. The SMILES string of the molecule is CC(=O)N1CCN(C(=O)CSc2nnc(-c3ccc(F)cc3)o2)CC1. The van der Waals surface area contributed by atoms with Crippen molar-refractivity contribution in [1.82, 2.24) is 20.0 Å². The van der Waals surface area contributed by atoms with Gasteiger partial charge in [-0.15, -0.1) is 10.2 Å². The minimum atomic E-state index is -0.340. The van der Waals surface area contributed by atoms with E-state index in [-0.39, 0.29) is 34.5 Å². The highest BCUT2D eigenvalue weighted by atomic mass is 32.2. The lowest BCUT2D eigenvalue weighted by atomic mass is 10.2. The second kappa shape index (κ2) is 7.64. The fourth-order valence-electron chi connectivity index (χ4n) is 2.46. The van der Waals surface area contributed by atoms with Crippen LogP contribution in [0.4, 0.5) is 4.39 Å². The van der Waals surface area contributed by atoms with E-state index in [0.29, 0.717) is 31.7 Å². The third-order valence-electron chi connectivity index (χ3n) is 3.89. The smallest absolute Gasteiger partial charge is 0.277 e. The fraction of sp³-hybridized carbons (Fsp3) is 0.375. The molecule has 7 nitrogen and oxygen atoms in total. The van der Waals surface area contributed by atoms with Crippen molar-refractivity contribution in [3.63, 3.8) is 0 Å². The molecule has 0 spiro atoms. The average molecular weight is 364 g/mol. The molecule has 1 saturated heterocycles. The molecule has 2 aromatic rings. The van der Waals surface area contributed by atoms with Crippen LogP contribution in [0.5, 0.6) is 0 Å². The summed E-state index contributed by atoms with van der Waals surface area (Å²) < 4.78 is 18.4. The van der Waals surface area contributed by atoms with Gasteiger partial charge in [-0.1, -0.05) is 11.8 Å². The number of thioether (sulfide) groups is 1. The highest BCUT2D eigenvalue weighted by Crippen LogP contribution is 2.23. The average Bonchev–Trinajstić information content (AvgIpc) is 3.09. The van der Waals surface area contributed by atoms with E-state index in [4.69, 9.17) is 4.42 Å². The predicted octanol–water partition coefficient (Wildman–Crippen LogP) is 1.66. The largest absolute Gasteiger partial charge is 0.411 e. The van der Waals surface area contributed by atoms with E-state index in [2.05, 4.69) is 10.2 Å². The third-order valence-corrected chi connectivity index (χ3v) is 4.70. The minimum Gasteiger partial charge on any atom is -0.411 e. The molecule has 0 radical (unpaired) electrons. The van der Waals surface area contributed by atoms with Crippen molar-refractivity contribution < 1.29 is 18.4 Å². The Labute approximate surface area is 148 Å². The Bertz CT molecular complexity index is 757. The van der Waals surface area contributed by atoms with Crippen molar-refractivity contribution in [2.24, 2.45) is 0 Å². The Hall–Kier alpha value is -2.42. The summed E-state index contributed by atoms with van der Waals surface area (Å²) in [5.74, 6) is 0.124. The molecule has 1 aromatic carbocycles. The van der Waals surface area contributed by atoms with Crippen LogP contribution in [0.2, 0.25) is 0 Å². The second-order valence-electron chi connectivity index (χ2n) is 5.56. The molecular weight excluding hydrogens is 347 g/mol. The number of rotatable bonds is 4. The van der Waals surface area contributed by atoms with Crippen LogP contribution < -0.4 is 0 Å². The van der Waals surface area contributed by atoms with Gasteiger partial charge in [-0.3, -0.25) is 9.59 Å². The molecule has 0 unspecified atom stereocenters. The van der Waals surface area contributed by atoms with Crippen LogP contribution in [-0.4, -0.2) is 63.7 Å². The topological polar surface area (TPSA) is 79.5 Å². The van der Waals surface area contributed by atoms with E-state index in [1.807, 2.05) is 0 Å². The van der Waals surface area contributed by atoms with Crippen LogP contribution in [-0.2, 0) is 9.59 Å². The van der Waals surface area contributed by atoms with Crippen LogP contribution in [0.15, 0.2) is 33.9 Å². The maximum absolute atomic E-state index is 12.9. The summed E-state index contributed by atoms with van der Waals surface area (Å²) >= 11 is 1.16. The molecule has 1 aliphatic rings. The highest BCUT2D eigenvalue weighted by Gasteiger charge is 2.22. The van der Waals surface area contributed by atoms with Gasteiger partial charge in [0, 0.05) is 38.7 Å². The van der Waals surface area contributed by atoms with Crippen molar-refractivity contribution in [2.75, 3.05) is 31.9 Å². The Balaban J connectivity index is 1.51. The molecule has 0 saturated carbocycles. The number of aromatic nitrogens is 2. The number of amides is 2. The van der Waals surface area contributed by atoms with Crippen LogP contribution in [0.3, 0.4) is 0 Å². The van der Waals surface area contributed by atoms with Gasteiger partial charge >= 0.3 is 0 Å². The zero-order valence-corrected chi connectivity index (χ0v) is 14.5.